The molecule has 1 aromatic rings. The van der Waals surface area contributed by atoms with Gasteiger partial charge >= 0.3 is 5.97 Å². The van der Waals surface area contributed by atoms with Gasteiger partial charge in [0.25, 0.3) is 0 Å². The number of rotatable bonds is 3. The Morgan fingerprint density at radius 3 is 2.50 bits per heavy atom. The minimum Gasteiger partial charge on any atom is -0.469 e. The van der Waals surface area contributed by atoms with Gasteiger partial charge in [0, 0.05) is 11.5 Å². The molecule has 0 saturated heterocycles. The molecule has 1 unspecified atom stereocenters. The summed E-state index contributed by atoms with van der Waals surface area (Å²) >= 11 is 0. The van der Waals surface area contributed by atoms with E-state index >= 15 is 0 Å². The molecule has 0 aromatic heterocycles. The molecule has 0 fully saturated rings. The van der Waals surface area contributed by atoms with Crippen molar-refractivity contribution in [2.45, 2.75) is 33.1 Å². The number of carbonyl (C=O) groups excluding carboxylic acids is 2. The lowest BCUT2D eigenvalue weighted by Crippen LogP contribution is -2.34. The fourth-order valence-corrected chi connectivity index (χ4v) is 2.94. The van der Waals surface area contributed by atoms with Gasteiger partial charge in [0.1, 0.15) is 0 Å². The van der Waals surface area contributed by atoms with Gasteiger partial charge < -0.3 is 4.74 Å². The van der Waals surface area contributed by atoms with Crippen LogP contribution in [-0.2, 0) is 14.3 Å². The number of hydrogen-bond acceptors (Lipinski definition) is 3. The number of fused-ring (bicyclic) bond motifs is 1. The summed E-state index contributed by atoms with van der Waals surface area (Å²) in [6.45, 7) is 5.37. The van der Waals surface area contributed by atoms with E-state index in [1.807, 2.05) is 44.2 Å². The van der Waals surface area contributed by atoms with Gasteiger partial charge in [0.2, 0.25) is 0 Å². The molecule has 0 heterocycles. The molecule has 0 bridgehead atoms. The maximum Gasteiger partial charge on any atom is 0.311 e. The fourth-order valence-electron chi connectivity index (χ4n) is 2.94. The van der Waals surface area contributed by atoms with E-state index in [-0.39, 0.29) is 17.7 Å². The van der Waals surface area contributed by atoms with Crippen LogP contribution in [0.5, 0.6) is 0 Å². The molecule has 3 heteroatoms. The lowest BCUT2D eigenvalue weighted by molar-refractivity contribution is -0.152. The number of Topliss-reactive ketones (excluding diaryl/α,β-unsaturated/α-hetero) is 1. The predicted molar refractivity (Wildman–Crippen MR) is 78.3 cm³/mol. The summed E-state index contributed by atoms with van der Waals surface area (Å²) in [6, 6.07) is 7.81. The molecular formula is C17H20O3. The third kappa shape index (κ3) is 2.28. The van der Waals surface area contributed by atoms with Crippen molar-refractivity contribution in [3.8, 4) is 0 Å². The molecule has 106 valence electrons. The zero-order valence-corrected chi connectivity index (χ0v) is 12.4. The Labute approximate surface area is 119 Å². The molecule has 20 heavy (non-hydrogen) atoms. The van der Waals surface area contributed by atoms with E-state index in [1.165, 1.54) is 7.11 Å². The SMILES string of the molecule is COC(=O)C(C)(C)C1CC=C(C(C)=O)c2ccccc21. The number of methoxy groups -OCH3 is 1. The van der Waals surface area contributed by atoms with Crippen molar-refractivity contribution in [3.05, 3.63) is 41.5 Å². The van der Waals surface area contributed by atoms with Crippen LogP contribution in [0.4, 0.5) is 0 Å². The molecule has 1 aliphatic carbocycles. The van der Waals surface area contributed by atoms with Crippen LogP contribution in [0.15, 0.2) is 30.3 Å². The maximum atomic E-state index is 12.0. The zero-order valence-electron chi connectivity index (χ0n) is 12.4. The summed E-state index contributed by atoms with van der Waals surface area (Å²) in [4.78, 5) is 23.8. The standard InChI is InChI=1S/C17H20O3/c1-11(18)12-9-10-15(17(2,3)16(19)20-4)14-8-6-5-7-13(12)14/h5-9,15H,10H2,1-4H3. The van der Waals surface area contributed by atoms with Gasteiger partial charge in [-0.25, -0.2) is 0 Å². The van der Waals surface area contributed by atoms with Crippen molar-refractivity contribution < 1.29 is 14.3 Å². The normalized spacial score (nSPS) is 18.0. The van der Waals surface area contributed by atoms with Crippen LogP contribution in [0.2, 0.25) is 0 Å². The van der Waals surface area contributed by atoms with Crippen LogP contribution in [0.25, 0.3) is 5.57 Å². The zero-order chi connectivity index (χ0) is 14.9. The predicted octanol–water partition coefficient (Wildman–Crippen LogP) is 3.35. The number of ether oxygens (including phenoxy) is 1. The minimum atomic E-state index is -0.621. The monoisotopic (exact) mass is 272 g/mol. The highest BCUT2D eigenvalue weighted by Gasteiger charge is 2.40. The lowest BCUT2D eigenvalue weighted by Gasteiger charge is -2.35. The number of allylic oxidation sites excluding steroid dienone is 2. The first kappa shape index (κ1) is 14.5. The van der Waals surface area contributed by atoms with E-state index in [0.717, 1.165) is 16.7 Å². The van der Waals surface area contributed by atoms with E-state index in [0.29, 0.717) is 6.42 Å². The highest BCUT2D eigenvalue weighted by atomic mass is 16.5. The summed E-state index contributed by atoms with van der Waals surface area (Å²) in [6.07, 6.45) is 2.62. The van der Waals surface area contributed by atoms with Gasteiger partial charge in [-0.3, -0.25) is 9.59 Å². The first-order valence-corrected chi connectivity index (χ1v) is 6.78. The van der Waals surface area contributed by atoms with Gasteiger partial charge in [0.15, 0.2) is 5.78 Å². The quantitative estimate of drug-likeness (QED) is 0.793. The highest BCUT2D eigenvalue weighted by Crippen LogP contribution is 2.45. The third-order valence-electron chi connectivity index (χ3n) is 4.15. The Bertz CT molecular complexity index is 582. The van der Waals surface area contributed by atoms with Crippen molar-refractivity contribution in [1.82, 2.24) is 0 Å². The van der Waals surface area contributed by atoms with Gasteiger partial charge in [-0.2, -0.15) is 0 Å². The van der Waals surface area contributed by atoms with E-state index in [9.17, 15) is 9.59 Å². The largest absolute Gasteiger partial charge is 0.469 e. The van der Waals surface area contributed by atoms with Gasteiger partial charge in [-0.1, -0.05) is 30.3 Å². The van der Waals surface area contributed by atoms with Crippen molar-refractivity contribution in [2.24, 2.45) is 5.41 Å². The molecule has 1 atom stereocenters. The van der Waals surface area contributed by atoms with Crippen molar-refractivity contribution in [3.63, 3.8) is 0 Å². The summed E-state index contributed by atoms with van der Waals surface area (Å²) < 4.78 is 4.93. The van der Waals surface area contributed by atoms with Crippen LogP contribution in [0, 0.1) is 5.41 Å². The molecule has 1 aromatic carbocycles. The second kappa shape index (κ2) is 5.23. The number of benzene rings is 1. The second-order valence-electron chi connectivity index (χ2n) is 5.76. The second-order valence-corrected chi connectivity index (χ2v) is 5.76. The Kier molecular flexibility index (Phi) is 3.80. The Hall–Kier alpha value is -1.90. The number of ketones is 1. The molecule has 1 aliphatic rings. The molecule has 0 amide bonds. The molecule has 0 saturated carbocycles. The van der Waals surface area contributed by atoms with Gasteiger partial charge in [-0.15, -0.1) is 0 Å². The minimum absolute atomic E-state index is 0.0225. The van der Waals surface area contributed by atoms with E-state index in [2.05, 4.69) is 0 Å². The molecule has 0 radical (unpaired) electrons. The van der Waals surface area contributed by atoms with Gasteiger partial charge in [-0.05, 0) is 38.3 Å². The summed E-state index contributed by atoms with van der Waals surface area (Å²) in [5.74, 6) is -0.141. The maximum absolute atomic E-state index is 12.0. The average Bonchev–Trinajstić information content (AvgIpc) is 2.44. The third-order valence-corrected chi connectivity index (χ3v) is 4.15. The molecule has 2 rings (SSSR count). The summed E-state index contributed by atoms with van der Waals surface area (Å²) in [7, 11) is 1.41. The van der Waals surface area contributed by atoms with E-state index in [1.54, 1.807) is 6.92 Å². The molecule has 0 N–H and O–H groups in total. The van der Waals surface area contributed by atoms with Crippen LogP contribution in [-0.4, -0.2) is 18.9 Å². The topological polar surface area (TPSA) is 43.4 Å². The molecule has 0 aliphatic heterocycles. The molecule has 0 spiro atoms. The summed E-state index contributed by atoms with van der Waals surface area (Å²) in [5, 5.41) is 0. The molecule has 3 nitrogen and oxygen atoms in total. The van der Waals surface area contributed by atoms with Crippen LogP contribution in [0.3, 0.4) is 0 Å². The highest BCUT2D eigenvalue weighted by molar-refractivity contribution is 6.20. The van der Waals surface area contributed by atoms with Crippen LogP contribution in [0.1, 0.15) is 44.2 Å². The number of esters is 1. The first-order valence-electron chi connectivity index (χ1n) is 6.78. The average molecular weight is 272 g/mol. The number of hydrogen-bond donors (Lipinski definition) is 0. The Morgan fingerprint density at radius 1 is 1.25 bits per heavy atom. The number of carbonyl (C=O) groups is 2. The van der Waals surface area contributed by atoms with Crippen LogP contribution >= 0.6 is 0 Å². The first-order chi connectivity index (χ1) is 9.39. The lowest BCUT2D eigenvalue weighted by atomic mass is 9.68. The summed E-state index contributed by atoms with van der Waals surface area (Å²) in [5.41, 5.74) is 2.12. The van der Waals surface area contributed by atoms with E-state index in [4.69, 9.17) is 4.74 Å². The van der Waals surface area contributed by atoms with Gasteiger partial charge in [0.05, 0.1) is 12.5 Å². The van der Waals surface area contributed by atoms with Crippen molar-refractivity contribution in [2.75, 3.05) is 7.11 Å². The smallest absolute Gasteiger partial charge is 0.311 e. The van der Waals surface area contributed by atoms with Crippen LogP contribution < -0.4 is 0 Å². The Balaban J connectivity index is 2.52. The Morgan fingerprint density at radius 2 is 1.90 bits per heavy atom. The van der Waals surface area contributed by atoms with Crippen molar-refractivity contribution in [1.29, 1.82) is 0 Å². The van der Waals surface area contributed by atoms with Crippen molar-refractivity contribution >= 4 is 17.3 Å². The molecular weight excluding hydrogens is 252 g/mol. The fraction of sp³-hybridized carbons (Fsp3) is 0.412. The van der Waals surface area contributed by atoms with E-state index < -0.39 is 5.41 Å².